The number of rotatable bonds is 8. The lowest BCUT2D eigenvalue weighted by molar-refractivity contribution is -0.124. The molecule has 204 valence electrons. The Morgan fingerprint density at radius 2 is 1.95 bits per heavy atom. The average Bonchev–Trinajstić information content (AvgIpc) is 2.91. The van der Waals surface area contributed by atoms with E-state index in [0.717, 1.165) is 30.6 Å². The van der Waals surface area contributed by atoms with Gasteiger partial charge in [0.05, 0.1) is 7.11 Å². The van der Waals surface area contributed by atoms with E-state index in [0.29, 0.717) is 35.2 Å². The van der Waals surface area contributed by atoms with Gasteiger partial charge in [0.25, 0.3) is 0 Å². The molecule has 1 heterocycles. The van der Waals surface area contributed by atoms with Gasteiger partial charge < -0.3 is 31.6 Å². The monoisotopic (exact) mass is 518 g/mol. The van der Waals surface area contributed by atoms with Gasteiger partial charge in [0.1, 0.15) is 12.3 Å². The minimum Gasteiger partial charge on any atom is -0.494 e. The average molecular weight is 519 g/mol. The molecular formula is C26H39FN6O4. The Kier molecular flexibility index (Phi) is 15.1. The Balaban J connectivity index is 0.000000280. The number of pyridine rings is 1. The second-order valence-corrected chi connectivity index (χ2v) is 8.32. The zero-order valence-corrected chi connectivity index (χ0v) is 22.0. The zero-order valence-electron chi connectivity index (χ0n) is 22.0. The van der Waals surface area contributed by atoms with Gasteiger partial charge in [0.2, 0.25) is 5.91 Å². The Morgan fingerprint density at radius 3 is 2.51 bits per heavy atom. The van der Waals surface area contributed by atoms with E-state index in [1.807, 2.05) is 7.05 Å². The van der Waals surface area contributed by atoms with Crippen LogP contribution in [-0.2, 0) is 11.3 Å². The third kappa shape index (κ3) is 12.3. The summed E-state index contributed by atoms with van der Waals surface area (Å²) in [6.07, 6.45) is 6.53. The van der Waals surface area contributed by atoms with E-state index < -0.39 is 0 Å². The summed E-state index contributed by atoms with van der Waals surface area (Å²) >= 11 is 0. The van der Waals surface area contributed by atoms with Crippen LogP contribution >= 0.6 is 0 Å². The second kappa shape index (κ2) is 17.8. The molecule has 0 atom stereocenters. The molecule has 11 heteroatoms. The van der Waals surface area contributed by atoms with Crippen LogP contribution < -0.4 is 26.5 Å². The van der Waals surface area contributed by atoms with E-state index in [9.17, 15) is 14.0 Å². The van der Waals surface area contributed by atoms with Gasteiger partial charge in [-0.3, -0.25) is 14.6 Å². The molecule has 37 heavy (non-hydrogen) atoms. The lowest BCUT2D eigenvalue weighted by Gasteiger charge is -2.22. The number of amides is 1. The molecule has 1 aromatic heterocycles. The van der Waals surface area contributed by atoms with Crippen molar-refractivity contribution in [2.45, 2.75) is 51.6 Å². The largest absolute Gasteiger partial charge is 0.494 e. The number of amidine groups is 1. The Morgan fingerprint density at radius 1 is 1.24 bits per heavy atom. The number of aliphatic hydroxyl groups excluding tert-OH is 1. The number of methoxy groups -OCH3 is 1. The molecule has 6 N–H and O–H groups in total. The summed E-state index contributed by atoms with van der Waals surface area (Å²) in [5, 5.41) is 18.0. The first-order valence-corrected chi connectivity index (χ1v) is 12.1. The minimum atomic E-state index is -0.378. The van der Waals surface area contributed by atoms with Crippen LogP contribution in [0.25, 0.3) is 0 Å². The van der Waals surface area contributed by atoms with Crippen LogP contribution in [0, 0.1) is 12.7 Å². The number of nitrogens with one attached hydrogen (secondary N) is 3. The number of hydrazone groups is 1. The highest BCUT2D eigenvalue weighted by Crippen LogP contribution is 2.18. The number of carbonyl (C=O) groups is 2. The fourth-order valence-electron chi connectivity index (χ4n) is 3.63. The van der Waals surface area contributed by atoms with Crippen molar-refractivity contribution < 1.29 is 23.8 Å². The van der Waals surface area contributed by atoms with Crippen molar-refractivity contribution in [1.29, 1.82) is 0 Å². The molecule has 1 amide bonds. The number of hydrogen-bond donors (Lipinski definition) is 5. The number of nitrogens with two attached hydrogens (primary N) is 1. The van der Waals surface area contributed by atoms with Crippen LogP contribution in [0.1, 0.15) is 59.4 Å². The molecule has 0 bridgehead atoms. The van der Waals surface area contributed by atoms with Crippen molar-refractivity contribution in [3.63, 3.8) is 0 Å². The fraction of sp³-hybridized carbons (Fsp3) is 0.462. The number of halogens is 1. The standard InChI is InChI=1S/C9H12FNO.C9H12N4O.C8H15NO2/c1-11-6-7-3-4-8(10)9(5-7)12-2;1-6-3-7(9(10)13-11-2)4-8(5-14)12-6;10-6-8(11)9-7-4-2-1-3-5-7/h3-5,11H,6H2,1-2H3;3-5,11H,1-2H3,(H2,10,13);7,10H,1-6H2,(H,9,11). The number of benzene rings is 1. The summed E-state index contributed by atoms with van der Waals surface area (Å²) in [5.74, 6) is 0.0677. The zero-order chi connectivity index (χ0) is 27.6. The summed E-state index contributed by atoms with van der Waals surface area (Å²) in [6.45, 7) is 2.14. The smallest absolute Gasteiger partial charge is 0.245 e. The SMILES string of the molecule is CN/N=C(\N)c1cc(C)nc(C=O)c1.CNCc1ccc(F)c(OC)c1.O=C(CO)NC1CCCCC1. The van der Waals surface area contributed by atoms with E-state index in [4.69, 9.17) is 15.6 Å². The Bertz CT molecular complexity index is 1010. The van der Waals surface area contributed by atoms with Crippen LogP contribution in [0.4, 0.5) is 4.39 Å². The number of aldehydes is 1. The maximum atomic E-state index is 12.9. The Labute approximate surface area is 217 Å². The number of nitrogens with zero attached hydrogens (tertiary/aromatic N) is 2. The van der Waals surface area contributed by atoms with Crippen LogP contribution in [0.2, 0.25) is 0 Å². The van der Waals surface area contributed by atoms with Gasteiger partial charge in [-0.05, 0) is 56.6 Å². The quantitative estimate of drug-likeness (QED) is 0.154. The van der Waals surface area contributed by atoms with E-state index in [2.05, 4.69) is 26.1 Å². The molecule has 3 rings (SSSR count). The third-order valence-corrected chi connectivity index (χ3v) is 5.33. The maximum absolute atomic E-state index is 12.9. The van der Waals surface area contributed by atoms with Gasteiger partial charge in [-0.1, -0.05) is 25.3 Å². The summed E-state index contributed by atoms with van der Waals surface area (Å²) in [4.78, 5) is 25.2. The van der Waals surface area contributed by atoms with E-state index >= 15 is 0 Å². The first kappa shape index (κ1) is 31.5. The molecule has 2 aromatic rings. The van der Waals surface area contributed by atoms with Gasteiger partial charge in [-0.15, -0.1) is 0 Å². The number of hydrogen-bond acceptors (Lipinski definition) is 8. The first-order chi connectivity index (χ1) is 17.8. The first-order valence-electron chi connectivity index (χ1n) is 12.1. The molecule has 1 saturated carbocycles. The van der Waals surface area contributed by atoms with E-state index in [1.165, 1.54) is 32.4 Å². The van der Waals surface area contributed by atoms with Crippen LogP contribution in [0.5, 0.6) is 5.75 Å². The molecule has 0 radical (unpaired) electrons. The molecule has 1 aliphatic rings. The minimum absolute atomic E-state index is 0.239. The molecule has 10 nitrogen and oxygen atoms in total. The molecule has 1 aliphatic carbocycles. The number of aryl methyl sites for hydroxylation is 1. The van der Waals surface area contributed by atoms with Crippen molar-refractivity contribution >= 4 is 18.0 Å². The molecule has 0 spiro atoms. The van der Waals surface area contributed by atoms with Crippen molar-refractivity contribution in [3.05, 3.63) is 58.7 Å². The maximum Gasteiger partial charge on any atom is 0.245 e. The normalized spacial score (nSPS) is 13.3. The van der Waals surface area contributed by atoms with Crippen molar-refractivity contribution in [3.8, 4) is 5.75 Å². The molecule has 1 aromatic carbocycles. The topological polar surface area (TPSA) is 151 Å². The molecule has 1 fully saturated rings. The molecular weight excluding hydrogens is 479 g/mol. The van der Waals surface area contributed by atoms with E-state index in [1.54, 1.807) is 38.2 Å². The molecule has 0 unspecified atom stereocenters. The van der Waals surface area contributed by atoms with Crippen molar-refractivity contribution in [1.82, 2.24) is 21.0 Å². The Hall–Kier alpha value is -3.57. The predicted molar refractivity (Wildman–Crippen MR) is 142 cm³/mol. The van der Waals surface area contributed by atoms with Crippen LogP contribution in [-0.4, -0.2) is 62.0 Å². The lowest BCUT2D eigenvalue weighted by atomic mass is 9.95. The summed E-state index contributed by atoms with van der Waals surface area (Å²) in [5.41, 5.74) is 11.0. The van der Waals surface area contributed by atoms with Gasteiger partial charge in [0, 0.05) is 30.9 Å². The van der Waals surface area contributed by atoms with Crippen molar-refractivity contribution in [2.24, 2.45) is 10.8 Å². The third-order valence-electron chi connectivity index (χ3n) is 5.33. The van der Waals surface area contributed by atoms with Gasteiger partial charge >= 0.3 is 0 Å². The predicted octanol–water partition coefficient (Wildman–Crippen LogP) is 2.02. The fourth-order valence-corrected chi connectivity index (χ4v) is 3.63. The molecule has 0 saturated heterocycles. The molecule has 0 aliphatic heterocycles. The number of ether oxygens (including phenoxy) is 1. The lowest BCUT2D eigenvalue weighted by Crippen LogP contribution is -2.37. The van der Waals surface area contributed by atoms with E-state index in [-0.39, 0.29) is 18.3 Å². The summed E-state index contributed by atoms with van der Waals surface area (Å²) in [7, 11) is 4.96. The number of aromatic nitrogens is 1. The number of carbonyl (C=O) groups excluding carboxylic acids is 2. The van der Waals surface area contributed by atoms with Gasteiger partial charge in [-0.2, -0.15) is 5.10 Å². The van der Waals surface area contributed by atoms with Crippen LogP contribution in [0.3, 0.4) is 0 Å². The summed E-state index contributed by atoms with van der Waals surface area (Å²) in [6, 6.07) is 8.51. The van der Waals surface area contributed by atoms with Crippen LogP contribution in [0.15, 0.2) is 35.4 Å². The second-order valence-electron chi connectivity index (χ2n) is 8.32. The highest BCUT2D eigenvalue weighted by Gasteiger charge is 2.14. The van der Waals surface area contributed by atoms with Gasteiger partial charge in [-0.25, -0.2) is 4.39 Å². The highest BCUT2D eigenvalue weighted by molar-refractivity contribution is 5.98. The highest BCUT2D eigenvalue weighted by atomic mass is 19.1. The summed E-state index contributed by atoms with van der Waals surface area (Å²) < 4.78 is 17.7. The van der Waals surface area contributed by atoms with Gasteiger partial charge in [0.15, 0.2) is 23.7 Å². The number of aliphatic hydroxyl groups is 1. The van der Waals surface area contributed by atoms with Crippen molar-refractivity contribution in [2.75, 3.05) is 27.8 Å².